The highest BCUT2D eigenvalue weighted by Crippen LogP contribution is 2.34. The summed E-state index contributed by atoms with van der Waals surface area (Å²) in [6.45, 7) is 0.172. The van der Waals surface area contributed by atoms with Crippen molar-refractivity contribution in [1.82, 2.24) is 9.97 Å². The van der Waals surface area contributed by atoms with E-state index in [2.05, 4.69) is 31.2 Å². The third-order valence-corrected chi connectivity index (χ3v) is 3.52. The molecule has 2 aromatic rings. The van der Waals surface area contributed by atoms with Crippen LogP contribution in [0.5, 0.6) is 0 Å². The number of nitrogens with zero attached hydrogens (tertiary/aromatic N) is 2. The van der Waals surface area contributed by atoms with Crippen LogP contribution < -0.4 is 5.32 Å². The Hall–Kier alpha value is -1.37. The lowest BCUT2D eigenvalue weighted by Crippen LogP contribution is -2.10. The summed E-state index contributed by atoms with van der Waals surface area (Å²) in [5.74, 6) is -1.09. The summed E-state index contributed by atoms with van der Waals surface area (Å²) >= 11 is 15.4. The zero-order valence-electron chi connectivity index (χ0n) is 9.90. The highest BCUT2D eigenvalue weighted by molar-refractivity contribution is 9.10. The van der Waals surface area contributed by atoms with Gasteiger partial charge >= 0.3 is 5.97 Å². The molecule has 104 valence electrons. The van der Waals surface area contributed by atoms with E-state index in [-0.39, 0.29) is 12.1 Å². The molecule has 8 heteroatoms. The summed E-state index contributed by atoms with van der Waals surface area (Å²) in [7, 11) is 0. The number of nitrogens with one attached hydrogen (secondary N) is 1. The molecular weight excluding hydrogens is 369 g/mol. The van der Waals surface area contributed by atoms with Gasteiger partial charge in [-0.2, -0.15) is 0 Å². The minimum atomic E-state index is -1.09. The van der Waals surface area contributed by atoms with Crippen LogP contribution in [0.1, 0.15) is 16.1 Å². The molecule has 0 aliphatic rings. The first-order valence-electron chi connectivity index (χ1n) is 5.39. The van der Waals surface area contributed by atoms with E-state index in [0.717, 1.165) is 4.47 Å². The second-order valence-corrected chi connectivity index (χ2v) is 5.52. The Labute approximate surface area is 133 Å². The smallest absolute Gasteiger partial charge is 0.339 e. The number of hydrogen-bond acceptors (Lipinski definition) is 4. The van der Waals surface area contributed by atoms with Gasteiger partial charge in [-0.1, -0.05) is 39.1 Å². The van der Waals surface area contributed by atoms with E-state index in [1.54, 1.807) is 12.1 Å². The predicted octanol–water partition coefficient (Wildman–Crippen LogP) is 3.86. The summed E-state index contributed by atoms with van der Waals surface area (Å²) in [6, 6.07) is 3.38. The lowest BCUT2D eigenvalue weighted by molar-refractivity contribution is 0.0694. The molecule has 1 heterocycles. The van der Waals surface area contributed by atoms with Crippen molar-refractivity contribution >= 4 is 50.8 Å². The Balaban J connectivity index is 2.24. The molecule has 2 N–H and O–H groups in total. The molecule has 0 bridgehead atoms. The molecule has 0 unspecified atom stereocenters. The van der Waals surface area contributed by atoms with Gasteiger partial charge in [0.15, 0.2) is 0 Å². The van der Waals surface area contributed by atoms with E-state index in [4.69, 9.17) is 28.3 Å². The summed E-state index contributed by atoms with van der Waals surface area (Å²) < 4.78 is 0.756. The highest BCUT2D eigenvalue weighted by atomic mass is 79.9. The first-order valence-corrected chi connectivity index (χ1v) is 6.94. The van der Waals surface area contributed by atoms with E-state index < -0.39 is 5.97 Å². The quantitative estimate of drug-likeness (QED) is 0.847. The number of carboxylic acids is 1. The standard InChI is InChI=1S/C12H8BrCl2N3O2/c13-6-1-8(14)11(9(15)2-6)17-4-10-7(12(19)20)3-16-5-18-10/h1-3,5,17H,4H2,(H,19,20). The molecular formula is C12H8BrCl2N3O2. The number of rotatable bonds is 4. The molecule has 0 amide bonds. The SMILES string of the molecule is O=C(O)c1cncnc1CNc1c(Cl)cc(Br)cc1Cl. The third-order valence-electron chi connectivity index (χ3n) is 2.46. The molecule has 1 aromatic carbocycles. The number of anilines is 1. The molecule has 0 radical (unpaired) electrons. The first-order chi connectivity index (χ1) is 9.49. The second-order valence-electron chi connectivity index (χ2n) is 3.79. The normalized spacial score (nSPS) is 10.3. The van der Waals surface area contributed by atoms with Crippen LogP contribution in [-0.2, 0) is 6.54 Å². The molecule has 0 aliphatic carbocycles. The fraction of sp³-hybridized carbons (Fsp3) is 0.0833. The molecule has 0 saturated carbocycles. The Morgan fingerprint density at radius 1 is 1.35 bits per heavy atom. The van der Waals surface area contributed by atoms with E-state index in [9.17, 15) is 4.79 Å². The van der Waals surface area contributed by atoms with Crippen LogP contribution >= 0.6 is 39.1 Å². The van der Waals surface area contributed by atoms with Crippen molar-refractivity contribution in [1.29, 1.82) is 0 Å². The van der Waals surface area contributed by atoms with Gasteiger partial charge in [-0.05, 0) is 12.1 Å². The number of aromatic nitrogens is 2. The maximum atomic E-state index is 11.0. The van der Waals surface area contributed by atoms with Gasteiger partial charge in [-0.15, -0.1) is 0 Å². The largest absolute Gasteiger partial charge is 0.478 e. The summed E-state index contributed by atoms with van der Waals surface area (Å²) in [6.07, 6.45) is 2.53. The molecule has 0 atom stereocenters. The molecule has 5 nitrogen and oxygen atoms in total. The average Bonchev–Trinajstić information content (AvgIpc) is 2.37. The van der Waals surface area contributed by atoms with E-state index in [1.165, 1.54) is 12.5 Å². The van der Waals surface area contributed by atoms with Crippen LogP contribution in [0.25, 0.3) is 0 Å². The lowest BCUT2D eigenvalue weighted by Gasteiger charge is -2.11. The molecule has 0 aliphatic heterocycles. The van der Waals surface area contributed by atoms with Crippen molar-refractivity contribution in [3.63, 3.8) is 0 Å². The van der Waals surface area contributed by atoms with E-state index in [1.807, 2.05) is 0 Å². The Kier molecular flexibility index (Phi) is 4.80. The minimum Gasteiger partial charge on any atom is -0.478 e. The number of halogens is 3. The number of hydrogen-bond donors (Lipinski definition) is 2. The zero-order chi connectivity index (χ0) is 14.7. The van der Waals surface area contributed by atoms with Crippen LogP contribution in [0.3, 0.4) is 0 Å². The van der Waals surface area contributed by atoms with Crippen molar-refractivity contribution in [3.8, 4) is 0 Å². The van der Waals surface area contributed by atoms with Crippen molar-refractivity contribution in [2.45, 2.75) is 6.54 Å². The molecule has 20 heavy (non-hydrogen) atoms. The molecule has 2 rings (SSSR count). The van der Waals surface area contributed by atoms with Gasteiger partial charge < -0.3 is 10.4 Å². The Morgan fingerprint density at radius 2 is 2.00 bits per heavy atom. The van der Waals surface area contributed by atoms with Crippen LogP contribution in [-0.4, -0.2) is 21.0 Å². The van der Waals surface area contributed by atoms with Gasteiger partial charge in [-0.3, -0.25) is 0 Å². The Morgan fingerprint density at radius 3 is 2.60 bits per heavy atom. The van der Waals surface area contributed by atoms with Gasteiger partial charge in [0.05, 0.1) is 28.0 Å². The lowest BCUT2D eigenvalue weighted by atomic mass is 10.2. The predicted molar refractivity (Wildman–Crippen MR) is 80.5 cm³/mol. The van der Waals surface area contributed by atoms with Gasteiger partial charge in [0.25, 0.3) is 0 Å². The number of carboxylic acid groups (broad SMARTS) is 1. The summed E-state index contributed by atoms with van der Waals surface area (Å²) in [5.41, 5.74) is 0.901. The molecule has 0 spiro atoms. The highest BCUT2D eigenvalue weighted by Gasteiger charge is 2.13. The molecule has 0 saturated heterocycles. The number of carbonyl (C=O) groups is 1. The average molecular weight is 377 g/mol. The van der Waals surface area contributed by atoms with Crippen molar-refractivity contribution < 1.29 is 9.90 Å². The second kappa shape index (κ2) is 6.39. The first kappa shape index (κ1) is 15.0. The van der Waals surface area contributed by atoms with Crippen LogP contribution in [0.4, 0.5) is 5.69 Å². The molecule has 0 fully saturated rings. The Bertz CT molecular complexity index is 644. The van der Waals surface area contributed by atoms with Gasteiger partial charge in [0.1, 0.15) is 11.9 Å². The van der Waals surface area contributed by atoms with E-state index >= 15 is 0 Å². The van der Waals surface area contributed by atoms with E-state index in [0.29, 0.717) is 21.4 Å². The maximum absolute atomic E-state index is 11.0. The van der Waals surface area contributed by atoms with Gasteiger partial charge in [0, 0.05) is 10.7 Å². The number of benzene rings is 1. The monoisotopic (exact) mass is 375 g/mol. The summed E-state index contributed by atoms with van der Waals surface area (Å²) in [4.78, 5) is 18.7. The fourth-order valence-corrected chi connectivity index (χ4v) is 2.90. The van der Waals surface area contributed by atoms with Crippen LogP contribution in [0.2, 0.25) is 10.0 Å². The van der Waals surface area contributed by atoms with Crippen molar-refractivity contribution in [3.05, 3.63) is 50.4 Å². The number of aromatic carboxylic acids is 1. The minimum absolute atomic E-state index is 0.0318. The summed E-state index contributed by atoms with van der Waals surface area (Å²) in [5, 5.41) is 12.9. The topological polar surface area (TPSA) is 75.1 Å². The van der Waals surface area contributed by atoms with Gasteiger partial charge in [-0.25, -0.2) is 14.8 Å². The van der Waals surface area contributed by atoms with Crippen LogP contribution in [0, 0.1) is 0 Å². The van der Waals surface area contributed by atoms with Crippen molar-refractivity contribution in [2.24, 2.45) is 0 Å². The van der Waals surface area contributed by atoms with Crippen LogP contribution in [0.15, 0.2) is 29.1 Å². The zero-order valence-corrected chi connectivity index (χ0v) is 13.0. The van der Waals surface area contributed by atoms with Gasteiger partial charge in [0.2, 0.25) is 0 Å². The van der Waals surface area contributed by atoms with Crippen molar-refractivity contribution in [2.75, 3.05) is 5.32 Å². The third kappa shape index (κ3) is 3.39. The fourth-order valence-electron chi connectivity index (χ4n) is 1.56. The maximum Gasteiger partial charge on any atom is 0.339 e. The molecule has 1 aromatic heterocycles.